The molecule has 0 aliphatic carbocycles. The van der Waals surface area contributed by atoms with E-state index in [1.165, 1.54) is 6.92 Å². The van der Waals surface area contributed by atoms with Crippen LogP contribution in [0.25, 0.3) is 0 Å². The molecule has 0 amide bonds. The van der Waals surface area contributed by atoms with Crippen molar-refractivity contribution < 1.29 is 20.1 Å². The van der Waals surface area contributed by atoms with Crippen molar-refractivity contribution in [1.82, 2.24) is 0 Å². The number of nitrogens with one attached hydrogen (secondary N) is 1. The number of carboxylic acids is 1. The third-order valence-corrected chi connectivity index (χ3v) is 2.80. The van der Waals surface area contributed by atoms with Gasteiger partial charge in [0.15, 0.2) is 0 Å². The van der Waals surface area contributed by atoms with Gasteiger partial charge in [-0.1, -0.05) is 12.1 Å². The second kappa shape index (κ2) is 5.84. The van der Waals surface area contributed by atoms with E-state index in [1.807, 2.05) is 0 Å². The van der Waals surface area contributed by atoms with Crippen LogP contribution >= 0.6 is 0 Å². The average molecular weight is 253 g/mol. The van der Waals surface area contributed by atoms with Crippen LogP contribution in [0.15, 0.2) is 24.3 Å². The van der Waals surface area contributed by atoms with Crippen LogP contribution in [0.2, 0.25) is 0 Å². The van der Waals surface area contributed by atoms with Crippen molar-refractivity contribution in [3.63, 3.8) is 0 Å². The van der Waals surface area contributed by atoms with Gasteiger partial charge in [0, 0.05) is 12.2 Å². The van der Waals surface area contributed by atoms with Crippen molar-refractivity contribution in [3.8, 4) is 0 Å². The second-order valence-electron chi connectivity index (χ2n) is 4.69. The number of aliphatic hydroxyl groups excluding tert-OH is 1. The topological polar surface area (TPSA) is 89.8 Å². The number of benzene rings is 1. The number of hydrogen-bond acceptors (Lipinski definition) is 4. The Labute approximate surface area is 106 Å². The summed E-state index contributed by atoms with van der Waals surface area (Å²) in [4.78, 5) is 10.8. The first kappa shape index (κ1) is 14.5. The van der Waals surface area contributed by atoms with Crippen LogP contribution in [-0.4, -0.2) is 40.0 Å². The van der Waals surface area contributed by atoms with E-state index < -0.39 is 17.5 Å². The molecule has 100 valence electrons. The molecule has 5 nitrogen and oxygen atoms in total. The van der Waals surface area contributed by atoms with E-state index in [0.717, 1.165) is 11.3 Å². The van der Waals surface area contributed by atoms with Crippen LogP contribution in [-0.2, 0) is 4.79 Å². The minimum Gasteiger partial charge on any atom is -0.481 e. The van der Waals surface area contributed by atoms with Crippen LogP contribution in [0.4, 0.5) is 5.69 Å². The fourth-order valence-electron chi connectivity index (χ4n) is 1.38. The zero-order valence-electron chi connectivity index (χ0n) is 10.6. The van der Waals surface area contributed by atoms with Gasteiger partial charge < -0.3 is 20.6 Å². The van der Waals surface area contributed by atoms with Crippen molar-refractivity contribution in [2.45, 2.75) is 25.4 Å². The Morgan fingerprint density at radius 3 is 2.39 bits per heavy atom. The van der Waals surface area contributed by atoms with Gasteiger partial charge in [-0.05, 0) is 31.5 Å². The molecule has 5 heteroatoms. The van der Waals surface area contributed by atoms with Crippen molar-refractivity contribution in [3.05, 3.63) is 29.8 Å². The molecule has 18 heavy (non-hydrogen) atoms. The highest BCUT2D eigenvalue weighted by atomic mass is 16.4. The minimum atomic E-state index is -1.17. The smallest absolute Gasteiger partial charge is 0.310 e. The van der Waals surface area contributed by atoms with Crippen molar-refractivity contribution in [2.75, 3.05) is 18.5 Å². The first-order chi connectivity index (χ1) is 8.35. The van der Waals surface area contributed by atoms with Crippen LogP contribution < -0.4 is 5.32 Å². The zero-order chi connectivity index (χ0) is 13.8. The zero-order valence-corrected chi connectivity index (χ0v) is 10.6. The minimum absolute atomic E-state index is 0.220. The van der Waals surface area contributed by atoms with Crippen molar-refractivity contribution in [2.24, 2.45) is 0 Å². The molecule has 2 unspecified atom stereocenters. The summed E-state index contributed by atoms with van der Waals surface area (Å²) in [6.07, 6.45) is 0. The van der Waals surface area contributed by atoms with Crippen LogP contribution in [0.5, 0.6) is 0 Å². The maximum Gasteiger partial charge on any atom is 0.310 e. The van der Waals surface area contributed by atoms with E-state index in [2.05, 4.69) is 5.32 Å². The standard InChI is InChI=1S/C13H19NO4/c1-9(12(16)17)10-3-5-11(6-4-10)14-7-13(2,18)8-15/h3-6,9,14-15,18H,7-8H2,1-2H3,(H,16,17). The van der Waals surface area contributed by atoms with Gasteiger partial charge >= 0.3 is 5.97 Å². The molecule has 0 bridgehead atoms. The maximum atomic E-state index is 10.8. The first-order valence-corrected chi connectivity index (χ1v) is 5.75. The summed E-state index contributed by atoms with van der Waals surface area (Å²) in [6.45, 7) is 3.05. The molecule has 1 aromatic rings. The summed E-state index contributed by atoms with van der Waals surface area (Å²) in [5.74, 6) is -1.40. The lowest BCUT2D eigenvalue weighted by molar-refractivity contribution is -0.138. The maximum absolute atomic E-state index is 10.8. The summed E-state index contributed by atoms with van der Waals surface area (Å²) in [5.41, 5.74) is 0.319. The van der Waals surface area contributed by atoms with Gasteiger partial charge in [0.25, 0.3) is 0 Å². The van der Waals surface area contributed by atoms with Gasteiger partial charge in [0.2, 0.25) is 0 Å². The normalized spacial score (nSPS) is 15.8. The molecule has 0 radical (unpaired) electrons. The van der Waals surface area contributed by atoms with Crippen LogP contribution in [0.3, 0.4) is 0 Å². The largest absolute Gasteiger partial charge is 0.481 e. The van der Waals surface area contributed by atoms with E-state index in [1.54, 1.807) is 31.2 Å². The molecule has 0 heterocycles. The highest BCUT2D eigenvalue weighted by molar-refractivity contribution is 5.75. The number of carbonyl (C=O) groups is 1. The van der Waals surface area contributed by atoms with Crippen molar-refractivity contribution >= 4 is 11.7 Å². The van der Waals surface area contributed by atoms with Gasteiger partial charge in [-0.25, -0.2) is 0 Å². The Morgan fingerprint density at radius 2 is 1.94 bits per heavy atom. The highest BCUT2D eigenvalue weighted by Gasteiger charge is 2.18. The number of aliphatic carboxylic acids is 1. The predicted octanol–water partition coefficient (Wildman–Crippen LogP) is 1.03. The Hall–Kier alpha value is -1.59. The third-order valence-electron chi connectivity index (χ3n) is 2.80. The second-order valence-corrected chi connectivity index (χ2v) is 4.69. The number of carboxylic acid groups (broad SMARTS) is 1. The molecule has 0 saturated carbocycles. The first-order valence-electron chi connectivity index (χ1n) is 5.75. The lowest BCUT2D eigenvalue weighted by Crippen LogP contribution is -2.37. The lowest BCUT2D eigenvalue weighted by Gasteiger charge is -2.21. The molecule has 0 spiro atoms. The SMILES string of the molecule is CC(C(=O)O)c1ccc(NCC(C)(O)CO)cc1. The molecule has 1 rings (SSSR count). The van der Waals surface area contributed by atoms with Gasteiger partial charge in [-0.2, -0.15) is 0 Å². The van der Waals surface area contributed by atoms with Crippen LogP contribution in [0.1, 0.15) is 25.3 Å². The molecular formula is C13H19NO4. The summed E-state index contributed by atoms with van der Waals surface area (Å²) in [7, 11) is 0. The molecular weight excluding hydrogens is 234 g/mol. The molecule has 0 saturated heterocycles. The number of aliphatic hydroxyl groups is 2. The molecule has 1 aromatic carbocycles. The number of rotatable bonds is 6. The van der Waals surface area contributed by atoms with Gasteiger partial charge in [-0.15, -0.1) is 0 Å². The summed E-state index contributed by atoms with van der Waals surface area (Å²) >= 11 is 0. The van der Waals surface area contributed by atoms with E-state index >= 15 is 0 Å². The molecule has 0 fully saturated rings. The van der Waals surface area contributed by atoms with Crippen molar-refractivity contribution in [1.29, 1.82) is 0 Å². The molecule has 0 aliphatic rings. The third kappa shape index (κ3) is 4.01. The number of hydrogen-bond donors (Lipinski definition) is 4. The lowest BCUT2D eigenvalue weighted by atomic mass is 10.0. The van der Waals surface area contributed by atoms with E-state index in [0.29, 0.717) is 0 Å². The monoisotopic (exact) mass is 253 g/mol. The average Bonchev–Trinajstić information content (AvgIpc) is 2.36. The fraction of sp³-hybridized carbons (Fsp3) is 0.462. The van der Waals surface area contributed by atoms with Gasteiger partial charge in [-0.3, -0.25) is 4.79 Å². The van der Waals surface area contributed by atoms with Gasteiger partial charge in [0.05, 0.1) is 12.5 Å². The fourth-order valence-corrected chi connectivity index (χ4v) is 1.38. The molecule has 2 atom stereocenters. The Morgan fingerprint density at radius 1 is 1.39 bits per heavy atom. The van der Waals surface area contributed by atoms with E-state index in [9.17, 15) is 9.90 Å². The summed E-state index contributed by atoms with van der Waals surface area (Å²) in [6, 6.07) is 6.97. The number of anilines is 1. The summed E-state index contributed by atoms with van der Waals surface area (Å²) < 4.78 is 0. The van der Waals surface area contributed by atoms with Crippen LogP contribution in [0, 0.1) is 0 Å². The predicted molar refractivity (Wildman–Crippen MR) is 68.7 cm³/mol. The summed E-state index contributed by atoms with van der Waals surface area (Å²) in [5, 5.41) is 30.3. The Kier molecular flexibility index (Phi) is 4.69. The molecule has 4 N–H and O–H groups in total. The molecule has 0 aromatic heterocycles. The Balaban J connectivity index is 2.64. The molecule has 0 aliphatic heterocycles. The van der Waals surface area contributed by atoms with E-state index in [4.69, 9.17) is 10.2 Å². The highest BCUT2D eigenvalue weighted by Crippen LogP contribution is 2.18. The Bertz CT molecular complexity index is 400. The van der Waals surface area contributed by atoms with E-state index in [-0.39, 0.29) is 13.2 Å². The quantitative estimate of drug-likeness (QED) is 0.608. The van der Waals surface area contributed by atoms with Gasteiger partial charge in [0.1, 0.15) is 5.60 Å².